The highest BCUT2D eigenvalue weighted by Gasteiger charge is 1.75. The molecule has 0 spiro atoms. The van der Waals surface area contributed by atoms with Crippen LogP contribution >= 0.6 is 12.4 Å². The van der Waals surface area contributed by atoms with Crippen molar-refractivity contribution < 1.29 is 9.53 Å². The fraction of sp³-hybridized carbons (Fsp3) is 0.750. The molecule has 0 saturated heterocycles. The van der Waals surface area contributed by atoms with Crippen LogP contribution in [0.25, 0.3) is 0 Å². The molecule has 0 aliphatic heterocycles. The van der Waals surface area contributed by atoms with Crippen LogP contribution < -0.4 is 5.32 Å². The molecule has 0 aromatic heterocycles. The van der Waals surface area contributed by atoms with E-state index in [0.29, 0.717) is 19.6 Å². The van der Waals surface area contributed by atoms with Gasteiger partial charge >= 0.3 is 0 Å². The number of ether oxygens (including phenoxy) is 1. The van der Waals surface area contributed by atoms with Gasteiger partial charge in [0.2, 0.25) is 6.41 Å². The summed E-state index contributed by atoms with van der Waals surface area (Å²) in [6, 6.07) is 0. The van der Waals surface area contributed by atoms with Crippen molar-refractivity contribution in [2.75, 3.05) is 20.3 Å². The summed E-state index contributed by atoms with van der Waals surface area (Å²) < 4.78 is 4.62. The van der Waals surface area contributed by atoms with Gasteiger partial charge in [-0.3, -0.25) is 4.79 Å². The molecule has 0 bridgehead atoms. The van der Waals surface area contributed by atoms with E-state index in [1.807, 2.05) is 0 Å². The zero-order chi connectivity index (χ0) is 5.54. The molecule has 8 heavy (non-hydrogen) atoms. The summed E-state index contributed by atoms with van der Waals surface area (Å²) in [7, 11) is 1.59. The SMILES string of the molecule is COCCNC=O.Cl. The summed E-state index contributed by atoms with van der Waals surface area (Å²) in [6.45, 7) is 1.18. The number of carbonyl (C=O) groups excluding carboxylic acids is 1. The normalized spacial score (nSPS) is 7.12. The fourth-order valence-corrected chi connectivity index (χ4v) is 0.220. The highest BCUT2D eigenvalue weighted by Crippen LogP contribution is 1.58. The molecule has 0 unspecified atom stereocenters. The van der Waals surface area contributed by atoms with Crippen molar-refractivity contribution in [3.63, 3.8) is 0 Å². The van der Waals surface area contributed by atoms with E-state index in [-0.39, 0.29) is 12.4 Å². The summed E-state index contributed by atoms with van der Waals surface area (Å²) in [5.74, 6) is 0. The van der Waals surface area contributed by atoms with E-state index in [1.54, 1.807) is 7.11 Å². The molecule has 0 rings (SSSR count). The highest BCUT2D eigenvalue weighted by molar-refractivity contribution is 5.85. The van der Waals surface area contributed by atoms with Gasteiger partial charge in [0.15, 0.2) is 0 Å². The summed E-state index contributed by atoms with van der Waals surface area (Å²) in [5.41, 5.74) is 0. The van der Waals surface area contributed by atoms with Gasteiger partial charge in [0.25, 0.3) is 0 Å². The average molecular weight is 140 g/mol. The second kappa shape index (κ2) is 9.87. The van der Waals surface area contributed by atoms with Gasteiger partial charge in [0, 0.05) is 13.7 Å². The molecule has 1 N–H and O–H groups in total. The molecular weight excluding hydrogens is 130 g/mol. The van der Waals surface area contributed by atoms with E-state index in [2.05, 4.69) is 10.1 Å². The van der Waals surface area contributed by atoms with Crippen LogP contribution in [-0.2, 0) is 9.53 Å². The molecule has 0 aliphatic rings. The third-order valence-corrected chi connectivity index (χ3v) is 0.534. The molecule has 0 aliphatic carbocycles. The number of halogens is 1. The Morgan fingerprint density at radius 1 is 1.75 bits per heavy atom. The van der Waals surface area contributed by atoms with Gasteiger partial charge in [0.1, 0.15) is 0 Å². The van der Waals surface area contributed by atoms with Crippen LogP contribution in [-0.4, -0.2) is 26.7 Å². The van der Waals surface area contributed by atoms with Crippen molar-refractivity contribution in [1.82, 2.24) is 5.32 Å². The first-order valence-corrected chi connectivity index (χ1v) is 2.07. The van der Waals surface area contributed by atoms with Crippen molar-refractivity contribution in [3.8, 4) is 0 Å². The topological polar surface area (TPSA) is 38.3 Å². The lowest BCUT2D eigenvalue weighted by Crippen LogP contribution is -2.16. The molecule has 0 saturated carbocycles. The second-order valence-corrected chi connectivity index (χ2v) is 1.06. The quantitative estimate of drug-likeness (QED) is 0.433. The van der Waals surface area contributed by atoms with Gasteiger partial charge in [-0.15, -0.1) is 12.4 Å². The Morgan fingerprint density at radius 3 is 2.75 bits per heavy atom. The number of methoxy groups -OCH3 is 1. The third kappa shape index (κ3) is 9.21. The van der Waals surface area contributed by atoms with E-state index >= 15 is 0 Å². The maximum Gasteiger partial charge on any atom is 0.207 e. The second-order valence-electron chi connectivity index (χ2n) is 1.06. The Labute approximate surface area is 54.8 Å². The van der Waals surface area contributed by atoms with Gasteiger partial charge < -0.3 is 10.1 Å². The zero-order valence-electron chi connectivity index (χ0n) is 4.72. The fourth-order valence-electron chi connectivity index (χ4n) is 0.220. The maximum atomic E-state index is 9.51. The Hall–Kier alpha value is -0.280. The molecule has 3 nitrogen and oxygen atoms in total. The van der Waals surface area contributed by atoms with Crippen molar-refractivity contribution in [3.05, 3.63) is 0 Å². The first-order chi connectivity index (χ1) is 3.41. The lowest BCUT2D eigenvalue weighted by atomic mass is 10.7. The first kappa shape index (κ1) is 10.7. The van der Waals surface area contributed by atoms with Crippen LogP contribution in [0.5, 0.6) is 0 Å². The van der Waals surface area contributed by atoms with E-state index in [0.717, 1.165) is 0 Å². The largest absolute Gasteiger partial charge is 0.383 e. The van der Waals surface area contributed by atoms with Crippen LogP contribution in [0.3, 0.4) is 0 Å². The predicted octanol–water partition coefficient (Wildman–Crippen LogP) is -0.199. The van der Waals surface area contributed by atoms with E-state index < -0.39 is 0 Å². The number of hydrogen-bond acceptors (Lipinski definition) is 2. The maximum absolute atomic E-state index is 9.51. The monoisotopic (exact) mass is 139 g/mol. The molecule has 0 radical (unpaired) electrons. The molecule has 0 aromatic rings. The number of carbonyl (C=O) groups is 1. The van der Waals surface area contributed by atoms with Gasteiger partial charge in [0.05, 0.1) is 6.61 Å². The number of nitrogens with one attached hydrogen (secondary N) is 1. The van der Waals surface area contributed by atoms with Crippen LogP contribution in [0, 0.1) is 0 Å². The molecule has 4 heteroatoms. The van der Waals surface area contributed by atoms with Gasteiger partial charge in [-0.2, -0.15) is 0 Å². The lowest BCUT2D eigenvalue weighted by molar-refractivity contribution is -0.109. The molecule has 0 aromatic carbocycles. The molecular formula is C4H10ClNO2. The molecule has 0 fully saturated rings. The Morgan fingerprint density at radius 2 is 2.38 bits per heavy atom. The van der Waals surface area contributed by atoms with E-state index in [9.17, 15) is 4.79 Å². The summed E-state index contributed by atoms with van der Waals surface area (Å²) in [6.07, 6.45) is 0.652. The first-order valence-electron chi connectivity index (χ1n) is 2.07. The van der Waals surface area contributed by atoms with E-state index in [1.165, 1.54) is 0 Å². The molecule has 50 valence electrons. The zero-order valence-corrected chi connectivity index (χ0v) is 5.53. The molecule has 0 atom stereocenters. The summed E-state index contributed by atoms with van der Waals surface area (Å²) in [5, 5.41) is 2.44. The minimum absolute atomic E-state index is 0. The van der Waals surface area contributed by atoms with Crippen LogP contribution in [0.4, 0.5) is 0 Å². The third-order valence-electron chi connectivity index (χ3n) is 0.534. The summed E-state index contributed by atoms with van der Waals surface area (Å²) in [4.78, 5) is 9.51. The average Bonchev–Trinajstić information content (AvgIpc) is 1.69. The van der Waals surface area contributed by atoms with Crippen molar-refractivity contribution >= 4 is 18.8 Å². The highest BCUT2D eigenvalue weighted by atomic mass is 35.5. The number of amides is 1. The van der Waals surface area contributed by atoms with Crippen molar-refractivity contribution in [2.24, 2.45) is 0 Å². The van der Waals surface area contributed by atoms with Crippen molar-refractivity contribution in [1.29, 1.82) is 0 Å². The standard InChI is InChI=1S/C4H9NO2.ClH/c1-7-3-2-5-4-6;/h4H,2-3H2,1H3,(H,5,6);1H. The smallest absolute Gasteiger partial charge is 0.207 e. The lowest BCUT2D eigenvalue weighted by Gasteiger charge is -1.92. The van der Waals surface area contributed by atoms with Crippen LogP contribution in [0.2, 0.25) is 0 Å². The number of rotatable bonds is 4. The van der Waals surface area contributed by atoms with Crippen molar-refractivity contribution in [2.45, 2.75) is 0 Å². The molecule has 1 amide bonds. The van der Waals surface area contributed by atoms with Crippen LogP contribution in [0.15, 0.2) is 0 Å². The van der Waals surface area contributed by atoms with E-state index in [4.69, 9.17) is 0 Å². The summed E-state index contributed by atoms with van der Waals surface area (Å²) >= 11 is 0. The van der Waals surface area contributed by atoms with Gasteiger partial charge in [-0.05, 0) is 0 Å². The van der Waals surface area contributed by atoms with Gasteiger partial charge in [-0.1, -0.05) is 0 Å². The number of hydrogen-bond donors (Lipinski definition) is 1. The predicted molar refractivity (Wildman–Crippen MR) is 33.2 cm³/mol. The minimum Gasteiger partial charge on any atom is -0.383 e. The van der Waals surface area contributed by atoms with Crippen LogP contribution in [0.1, 0.15) is 0 Å². The minimum atomic E-state index is 0. The Bertz CT molecular complexity index is 51.3. The Balaban J connectivity index is 0. The van der Waals surface area contributed by atoms with Gasteiger partial charge in [-0.25, -0.2) is 0 Å². The Kier molecular flexibility index (Phi) is 13.1. The molecule has 0 heterocycles.